The summed E-state index contributed by atoms with van der Waals surface area (Å²) in [5, 5.41) is 1.31. The molecule has 0 fully saturated rings. The maximum Gasteiger partial charge on any atom is 0.416 e. The summed E-state index contributed by atoms with van der Waals surface area (Å²) in [6.07, 6.45) is -9.81. The van der Waals surface area contributed by atoms with E-state index < -0.39 is 23.5 Å². The van der Waals surface area contributed by atoms with Crippen LogP contribution in [0.4, 0.5) is 26.3 Å². The van der Waals surface area contributed by atoms with E-state index in [2.05, 4.69) is 0 Å². The normalized spacial score (nSPS) is 14.7. The van der Waals surface area contributed by atoms with Crippen molar-refractivity contribution in [2.45, 2.75) is 32.0 Å². The van der Waals surface area contributed by atoms with Gasteiger partial charge in [0.2, 0.25) is 0 Å². The number of hydrogen-bond acceptors (Lipinski definition) is 2. The molecule has 9 heteroatoms. The minimum absolute atomic E-state index is 0.0880. The van der Waals surface area contributed by atoms with Crippen molar-refractivity contribution in [3.8, 4) is 11.1 Å². The fraction of sp³-hybridized carbons (Fsp3) is 0.222. The molecule has 186 valence electrons. The Balaban J connectivity index is 1.59. The Morgan fingerprint density at radius 1 is 0.722 bits per heavy atom. The van der Waals surface area contributed by atoms with Crippen LogP contribution < -0.4 is 5.56 Å². The highest BCUT2D eigenvalue weighted by Crippen LogP contribution is 2.37. The first-order chi connectivity index (χ1) is 17.0. The van der Waals surface area contributed by atoms with Crippen molar-refractivity contribution < 1.29 is 26.3 Å². The second-order valence-electron chi connectivity index (χ2n) is 8.81. The summed E-state index contributed by atoms with van der Waals surface area (Å²) in [5.74, 6) is 0. The molecular weight excluding hydrogens is 482 g/mol. The van der Waals surface area contributed by atoms with E-state index in [0.717, 1.165) is 28.6 Å². The number of alkyl halides is 6. The van der Waals surface area contributed by atoms with E-state index in [-0.39, 0.29) is 36.8 Å². The van der Waals surface area contributed by atoms with Crippen molar-refractivity contribution in [2.24, 2.45) is 0 Å². The van der Waals surface area contributed by atoms with Gasteiger partial charge in [-0.25, -0.2) is 0 Å². The molecule has 0 saturated heterocycles. The first-order valence-electron chi connectivity index (χ1n) is 11.2. The van der Waals surface area contributed by atoms with Gasteiger partial charge in [0.15, 0.2) is 0 Å². The average molecular weight is 502 g/mol. The summed E-state index contributed by atoms with van der Waals surface area (Å²) in [4.78, 5) is 15.0. The highest BCUT2D eigenvalue weighted by Gasteiger charge is 2.37. The lowest BCUT2D eigenvalue weighted by atomic mass is 9.95. The lowest BCUT2D eigenvalue weighted by Crippen LogP contribution is -2.39. The van der Waals surface area contributed by atoms with E-state index in [1.54, 1.807) is 21.6 Å². The van der Waals surface area contributed by atoms with Gasteiger partial charge in [0.1, 0.15) is 0 Å². The van der Waals surface area contributed by atoms with Crippen molar-refractivity contribution in [2.75, 3.05) is 6.54 Å². The minimum Gasteiger partial charge on any atom is -0.309 e. The van der Waals surface area contributed by atoms with Crippen LogP contribution in [0.15, 0.2) is 77.6 Å². The zero-order valence-corrected chi connectivity index (χ0v) is 18.8. The Bertz CT molecular complexity index is 1460. The molecule has 0 saturated carbocycles. The molecule has 5 rings (SSSR count). The number of aromatic nitrogens is 1. The molecule has 0 spiro atoms. The van der Waals surface area contributed by atoms with Gasteiger partial charge in [-0.05, 0) is 40.8 Å². The van der Waals surface area contributed by atoms with Gasteiger partial charge >= 0.3 is 12.4 Å². The molecule has 1 aliphatic heterocycles. The highest BCUT2D eigenvalue weighted by molar-refractivity contribution is 5.97. The van der Waals surface area contributed by atoms with Gasteiger partial charge in [-0.1, -0.05) is 48.5 Å². The van der Waals surface area contributed by atoms with Crippen LogP contribution in [0.3, 0.4) is 0 Å². The van der Waals surface area contributed by atoms with Gasteiger partial charge in [-0.15, -0.1) is 0 Å². The maximum absolute atomic E-state index is 13.3. The molecular formula is C27H20F6N2O. The molecule has 0 unspecified atom stereocenters. The highest BCUT2D eigenvalue weighted by atomic mass is 19.4. The third kappa shape index (κ3) is 4.51. The smallest absolute Gasteiger partial charge is 0.309 e. The van der Waals surface area contributed by atoms with Crippen LogP contribution >= 0.6 is 0 Å². The molecule has 1 aliphatic rings. The second-order valence-corrected chi connectivity index (χ2v) is 8.81. The average Bonchev–Trinajstić information content (AvgIpc) is 2.84. The summed E-state index contributed by atoms with van der Waals surface area (Å²) in [6, 6.07) is 18.3. The predicted molar refractivity (Wildman–Crippen MR) is 124 cm³/mol. The fourth-order valence-corrected chi connectivity index (χ4v) is 4.81. The van der Waals surface area contributed by atoms with Gasteiger partial charge < -0.3 is 4.57 Å². The van der Waals surface area contributed by atoms with Crippen LogP contribution in [-0.4, -0.2) is 16.0 Å². The van der Waals surface area contributed by atoms with Crippen molar-refractivity contribution in [3.05, 3.63) is 106 Å². The van der Waals surface area contributed by atoms with Crippen LogP contribution in [-0.2, 0) is 32.0 Å². The number of pyridine rings is 1. The largest absolute Gasteiger partial charge is 0.416 e. The molecule has 3 nitrogen and oxygen atoms in total. The number of benzene rings is 3. The first kappa shape index (κ1) is 24.1. The molecule has 0 radical (unpaired) electrons. The Kier molecular flexibility index (Phi) is 5.90. The maximum atomic E-state index is 13.3. The SMILES string of the molecule is O=c1c2ccccc2c(-c2ccccc2)c2n1CCN(Cc1cc(C(F)(F)F)cc(C(F)(F)F)c1)C2. The predicted octanol–water partition coefficient (Wildman–Crippen LogP) is 6.72. The molecule has 0 aliphatic carbocycles. The van der Waals surface area contributed by atoms with E-state index in [1.165, 1.54) is 0 Å². The van der Waals surface area contributed by atoms with Gasteiger partial charge in [0, 0.05) is 42.8 Å². The number of halogens is 6. The van der Waals surface area contributed by atoms with E-state index in [9.17, 15) is 31.1 Å². The molecule has 3 aromatic carbocycles. The lowest BCUT2D eigenvalue weighted by Gasteiger charge is -2.32. The summed E-state index contributed by atoms with van der Waals surface area (Å²) >= 11 is 0. The number of rotatable bonds is 3. The Morgan fingerprint density at radius 2 is 1.31 bits per heavy atom. The van der Waals surface area contributed by atoms with Crippen molar-refractivity contribution >= 4 is 10.8 Å². The summed E-state index contributed by atoms with van der Waals surface area (Å²) in [5.41, 5.74) is -0.547. The summed E-state index contributed by atoms with van der Waals surface area (Å²) < 4.78 is 81.6. The molecule has 0 atom stereocenters. The number of fused-ring (bicyclic) bond motifs is 2. The number of nitrogens with zero attached hydrogens (tertiary/aromatic N) is 2. The quantitative estimate of drug-likeness (QED) is 0.291. The van der Waals surface area contributed by atoms with E-state index in [4.69, 9.17) is 0 Å². The van der Waals surface area contributed by atoms with E-state index >= 15 is 0 Å². The molecule has 2 heterocycles. The zero-order chi connectivity index (χ0) is 25.7. The van der Waals surface area contributed by atoms with Crippen LogP contribution in [0.2, 0.25) is 0 Å². The van der Waals surface area contributed by atoms with Crippen molar-refractivity contribution in [3.63, 3.8) is 0 Å². The van der Waals surface area contributed by atoms with Gasteiger partial charge in [0.25, 0.3) is 5.56 Å². The molecule has 0 amide bonds. The standard InChI is InChI=1S/C27H20F6N2O/c28-26(29,30)19-12-17(13-20(14-19)27(31,32)33)15-34-10-11-35-23(16-34)24(18-6-2-1-3-7-18)21-8-4-5-9-22(21)25(35)36/h1-9,12-14H,10-11,15-16H2. The topological polar surface area (TPSA) is 25.2 Å². The fourth-order valence-electron chi connectivity index (χ4n) is 4.81. The first-order valence-corrected chi connectivity index (χ1v) is 11.2. The van der Waals surface area contributed by atoms with Crippen molar-refractivity contribution in [1.29, 1.82) is 0 Å². The molecule has 1 aromatic heterocycles. The monoisotopic (exact) mass is 502 g/mol. The molecule has 4 aromatic rings. The van der Waals surface area contributed by atoms with E-state index in [0.29, 0.717) is 17.6 Å². The molecule has 0 bridgehead atoms. The van der Waals surface area contributed by atoms with E-state index in [1.807, 2.05) is 42.5 Å². The summed E-state index contributed by atoms with van der Waals surface area (Å²) in [7, 11) is 0. The lowest BCUT2D eigenvalue weighted by molar-refractivity contribution is -0.143. The number of hydrogen-bond donors (Lipinski definition) is 0. The zero-order valence-electron chi connectivity index (χ0n) is 18.8. The third-order valence-electron chi connectivity index (χ3n) is 6.42. The molecule has 0 N–H and O–H groups in total. The summed E-state index contributed by atoms with van der Waals surface area (Å²) in [6.45, 7) is 0.644. The Labute approximate surface area is 202 Å². The third-order valence-corrected chi connectivity index (χ3v) is 6.42. The van der Waals surface area contributed by atoms with Gasteiger partial charge in [0.05, 0.1) is 11.1 Å². The van der Waals surface area contributed by atoms with Crippen molar-refractivity contribution in [1.82, 2.24) is 9.47 Å². The Morgan fingerprint density at radius 3 is 1.92 bits per heavy atom. The second kappa shape index (κ2) is 8.81. The molecule has 36 heavy (non-hydrogen) atoms. The van der Waals surface area contributed by atoms with Crippen LogP contribution in [0, 0.1) is 0 Å². The van der Waals surface area contributed by atoms with Crippen LogP contribution in [0.1, 0.15) is 22.4 Å². The van der Waals surface area contributed by atoms with Gasteiger partial charge in [-0.2, -0.15) is 26.3 Å². The minimum atomic E-state index is -4.91. The Hall–Kier alpha value is -3.59. The van der Waals surface area contributed by atoms with Crippen LogP contribution in [0.5, 0.6) is 0 Å². The van der Waals surface area contributed by atoms with Crippen LogP contribution in [0.25, 0.3) is 21.9 Å². The van der Waals surface area contributed by atoms with Gasteiger partial charge in [-0.3, -0.25) is 9.69 Å².